The molecule has 1 aromatic heterocycles. The molecule has 1 N–H and O–H groups in total. The van der Waals surface area contributed by atoms with Gasteiger partial charge < -0.3 is 14.8 Å². The monoisotopic (exact) mass is 429 g/mol. The first kappa shape index (κ1) is 20.4. The van der Waals surface area contributed by atoms with Crippen molar-refractivity contribution in [3.05, 3.63) is 75.9 Å². The molecule has 0 spiro atoms. The Morgan fingerprint density at radius 3 is 2.77 bits per heavy atom. The van der Waals surface area contributed by atoms with Crippen molar-refractivity contribution in [2.75, 3.05) is 25.1 Å². The molecule has 0 bridgehead atoms. The lowest BCUT2D eigenvalue weighted by atomic mass is 10.0. The summed E-state index contributed by atoms with van der Waals surface area (Å²) >= 11 is 6.29. The molecule has 30 heavy (non-hydrogen) atoms. The molecule has 0 unspecified atom stereocenters. The van der Waals surface area contributed by atoms with Crippen LogP contribution in [0.2, 0.25) is 5.02 Å². The number of benzene rings is 2. The van der Waals surface area contributed by atoms with Crippen LogP contribution in [0.3, 0.4) is 0 Å². The van der Waals surface area contributed by atoms with Crippen molar-refractivity contribution >= 4 is 17.3 Å². The minimum Gasteiger partial charge on any atom is -0.454 e. The topological polar surface area (TPSA) is 65.4 Å². The molecular formula is C22H21ClFN3O3. The Morgan fingerprint density at radius 2 is 2.03 bits per heavy atom. The molecule has 1 fully saturated rings. The minimum atomic E-state index is -0.450. The van der Waals surface area contributed by atoms with E-state index in [-0.39, 0.29) is 10.8 Å². The maximum Gasteiger partial charge on any atom is 0.292 e. The van der Waals surface area contributed by atoms with Crippen LogP contribution in [0.4, 0.5) is 10.1 Å². The smallest absolute Gasteiger partial charge is 0.292 e. The lowest BCUT2D eigenvalue weighted by molar-refractivity contribution is 0.0595. The Morgan fingerprint density at radius 1 is 1.23 bits per heavy atom. The van der Waals surface area contributed by atoms with Gasteiger partial charge in [0.1, 0.15) is 10.8 Å². The number of hydrogen-bond donors (Lipinski definition) is 1. The highest BCUT2D eigenvalue weighted by Crippen LogP contribution is 2.25. The van der Waals surface area contributed by atoms with Gasteiger partial charge in [0.05, 0.1) is 24.2 Å². The number of ether oxygens (including phenoxy) is 2. The van der Waals surface area contributed by atoms with E-state index in [1.165, 1.54) is 16.9 Å². The standard InChI is InChI=1S/C22H21ClFN3O3/c23-21-19(25-12-15-4-3-11-29-14-15)13-26-27(22(21)28)16-7-9-17(10-8-16)30-20-6-2-1-5-18(20)24/h1-2,5-10,13,15,25H,3-4,11-12,14H2/t15-/m1/s1. The van der Waals surface area contributed by atoms with Crippen LogP contribution < -0.4 is 15.6 Å². The quantitative estimate of drug-likeness (QED) is 0.617. The molecule has 0 amide bonds. The number of rotatable bonds is 6. The molecule has 0 aliphatic carbocycles. The number of nitrogens with zero attached hydrogens (tertiary/aromatic N) is 2. The van der Waals surface area contributed by atoms with Crippen LogP contribution in [0.5, 0.6) is 11.5 Å². The number of anilines is 1. The van der Waals surface area contributed by atoms with Crippen molar-refractivity contribution in [3.63, 3.8) is 0 Å². The van der Waals surface area contributed by atoms with E-state index in [1.807, 2.05) is 0 Å². The van der Waals surface area contributed by atoms with Gasteiger partial charge in [-0.2, -0.15) is 9.78 Å². The van der Waals surface area contributed by atoms with Crippen LogP contribution in [0.25, 0.3) is 5.69 Å². The largest absolute Gasteiger partial charge is 0.454 e. The second-order valence-electron chi connectivity index (χ2n) is 7.08. The molecule has 2 heterocycles. The minimum absolute atomic E-state index is 0.0772. The maximum absolute atomic E-state index is 13.7. The molecule has 2 aromatic carbocycles. The number of aromatic nitrogens is 2. The summed E-state index contributed by atoms with van der Waals surface area (Å²) < 4.78 is 25.9. The molecule has 156 valence electrons. The third kappa shape index (κ3) is 4.63. The van der Waals surface area contributed by atoms with Crippen molar-refractivity contribution < 1.29 is 13.9 Å². The Bertz CT molecular complexity index is 1070. The maximum atomic E-state index is 13.7. The zero-order valence-corrected chi connectivity index (χ0v) is 16.9. The van der Waals surface area contributed by atoms with E-state index >= 15 is 0 Å². The van der Waals surface area contributed by atoms with Gasteiger partial charge in [-0.05, 0) is 55.2 Å². The van der Waals surface area contributed by atoms with Gasteiger partial charge in [0.15, 0.2) is 11.6 Å². The van der Waals surface area contributed by atoms with Crippen molar-refractivity contribution in [1.82, 2.24) is 9.78 Å². The summed E-state index contributed by atoms with van der Waals surface area (Å²) in [4.78, 5) is 12.7. The highest BCUT2D eigenvalue weighted by molar-refractivity contribution is 6.32. The molecule has 0 radical (unpaired) electrons. The van der Waals surface area contributed by atoms with E-state index in [0.717, 1.165) is 19.4 Å². The molecular weight excluding hydrogens is 409 g/mol. The predicted octanol–water partition coefficient (Wildman–Crippen LogP) is 4.66. The lowest BCUT2D eigenvalue weighted by Crippen LogP contribution is -2.26. The number of halogens is 2. The lowest BCUT2D eigenvalue weighted by Gasteiger charge is -2.22. The Kier molecular flexibility index (Phi) is 6.30. The van der Waals surface area contributed by atoms with Gasteiger partial charge >= 0.3 is 0 Å². The van der Waals surface area contributed by atoms with Gasteiger partial charge in [0, 0.05) is 13.2 Å². The van der Waals surface area contributed by atoms with Gasteiger partial charge in [-0.15, -0.1) is 0 Å². The Labute approximate surface area is 178 Å². The van der Waals surface area contributed by atoms with Gasteiger partial charge in [-0.25, -0.2) is 4.39 Å². The van der Waals surface area contributed by atoms with Gasteiger partial charge in [-0.1, -0.05) is 23.7 Å². The van der Waals surface area contributed by atoms with E-state index < -0.39 is 11.4 Å². The average molecular weight is 430 g/mol. The molecule has 1 saturated heterocycles. The van der Waals surface area contributed by atoms with E-state index in [1.54, 1.807) is 42.5 Å². The Hall–Kier alpha value is -2.90. The molecule has 1 atom stereocenters. The van der Waals surface area contributed by atoms with Gasteiger partial charge in [0.25, 0.3) is 5.56 Å². The van der Waals surface area contributed by atoms with Crippen LogP contribution in [-0.4, -0.2) is 29.5 Å². The fraction of sp³-hybridized carbons (Fsp3) is 0.273. The van der Waals surface area contributed by atoms with Crippen LogP contribution in [0, 0.1) is 11.7 Å². The van der Waals surface area contributed by atoms with Crippen LogP contribution in [-0.2, 0) is 4.74 Å². The molecule has 0 saturated carbocycles. The zero-order chi connectivity index (χ0) is 20.9. The average Bonchev–Trinajstić information content (AvgIpc) is 2.78. The van der Waals surface area contributed by atoms with Crippen LogP contribution >= 0.6 is 11.6 Å². The van der Waals surface area contributed by atoms with E-state index in [4.69, 9.17) is 21.1 Å². The fourth-order valence-corrected chi connectivity index (χ4v) is 3.47. The summed E-state index contributed by atoms with van der Waals surface area (Å²) in [5, 5.41) is 7.50. The first-order chi connectivity index (χ1) is 14.6. The first-order valence-electron chi connectivity index (χ1n) is 9.74. The molecule has 6 nitrogen and oxygen atoms in total. The molecule has 1 aliphatic rings. The van der Waals surface area contributed by atoms with E-state index in [9.17, 15) is 9.18 Å². The van der Waals surface area contributed by atoms with Gasteiger partial charge in [0.2, 0.25) is 0 Å². The fourth-order valence-electron chi connectivity index (χ4n) is 3.27. The SMILES string of the molecule is O=c1c(Cl)c(NC[C@H]2CCCOC2)cnn1-c1ccc(Oc2ccccc2F)cc1. The Balaban J connectivity index is 1.47. The summed E-state index contributed by atoms with van der Waals surface area (Å²) in [7, 11) is 0. The van der Waals surface area contributed by atoms with Crippen molar-refractivity contribution in [2.45, 2.75) is 12.8 Å². The van der Waals surface area contributed by atoms with E-state index in [0.29, 0.717) is 36.2 Å². The second-order valence-corrected chi connectivity index (χ2v) is 7.46. The predicted molar refractivity (Wildman–Crippen MR) is 113 cm³/mol. The highest BCUT2D eigenvalue weighted by atomic mass is 35.5. The molecule has 1 aliphatic heterocycles. The third-order valence-electron chi connectivity index (χ3n) is 4.90. The molecule has 3 aromatic rings. The zero-order valence-electron chi connectivity index (χ0n) is 16.2. The van der Waals surface area contributed by atoms with Crippen molar-refractivity contribution in [2.24, 2.45) is 5.92 Å². The number of hydrogen-bond acceptors (Lipinski definition) is 5. The van der Waals surface area contributed by atoms with Gasteiger partial charge in [-0.3, -0.25) is 4.79 Å². The summed E-state index contributed by atoms with van der Waals surface area (Å²) in [5.41, 5.74) is 0.599. The van der Waals surface area contributed by atoms with Crippen molar-refractivity contribution in [1.29, 1.82) is 0 Å². The molecule has 8 heteroatoms. The van der Waals surface area contributed by atoms with Crippen LogP contribution in [0.1, 0.15) is 12.8 Å². The normalized spacial score (nSPS) is 16.3. The number of nitrogens with one attached hydrogen (secondary N) is 1. The molecule has 4 rings (SSSR count). The first-order valence-corrected chi connectivity index (χ1v) is 10.1. The van der Waals surface area contributed by atoms with E-state index in [2.05, 4.69) is 10.4 Å². The van der Waals surface area contributed by atoms with Crippen molar-refractivity contribution in [3.8, 4) is 17.2 Å². The summed E-state index contributed by atoms with van der Waals surface area (Å²) in [6.45, 7) is 2.18. The summed E-state index contributed by atoms with van der Waals surface area (Å²) in [6, 6.07) is 12.7. The number of para-hydroxylation sites is 1. The highest BCUT2D eigenvalue weighted by Gasteiger charge is 2.16. The summed E-state index contributed by atoms with van der Waals surface area (Å²) in [6.07, 6.45) is 3.66. The summed E-state index contributed by atoms with van der Waals surface area (Å²) in [5.74, 6) is 0.506. The van der Waals surface area contributed by atoms with Crippen LogP contribution in [0.15, 0.2) is 59.5 Å². The second kappa shape index (κ2) is 9.28. The third-order valence-corrected chi connectivity index (χ3v) is 5.27.